The molecule has 1 aliphatic heterocycles. The lowest BCUT2D eigenvalue weighted by atomic mass is 9.95. The second kappa shape index (κ2) is 24.3. The third-order valence-electron chi connectivity index (χ3n) is 11.9. The van der Waals surface area contributed by atoms with Crippen LogP contribution < -0.4 is 41.4 Å². The predicted molar refractivity (Wildman–Crippen MR) is 274 cm³/mol. The summed E-state index contributed by atoms with van der Waals surface area (Å²) >= 11 is 0. The third kappa shape index (κ3) is 12.8. The van der Waals surface area contributed by atoms with E-state index in [0.717, 1.165) is 34.0 Å². The number of hydrogen-bond donors (Lipinski definition) is 5. The summed E-state index contributed by atoms with van der Waals surface area (Å²) in [5, 5.41) is 23.3. The molecule has 0 spiro atoms. The van der Waals surface area contributed by atoms with Gasteiger partial charge in [0.05, 0.1) is 85.1 Å². The average Bonchev–Trinajstić information content (AvgIpc) is 3.42. The molecule has 5 N–H and O–H groups in total. The first kappa shape index (κ1) is 50.6. The molecule has 0 aliphatic carbocycles. The van der Waals surface area contributed by atoms with E-state index in [1.807, 2.05) is 48.8 Å². The van der Waals surface area contributed by atoms with Crippen LogP contribution in [0, 0.1) is 5.92 Å². The number of ether oxygens (including phenoxy) is 3. The summed E-state index contributed by atoms with van der Waals surface area (Å²) in [6.45, 7) is 1.77. The lowest BCUT2D eigenvalue weighted by Crippen LogP contribution is -2.46. The van der Waals surface area contributed by atoms with Gasteiger partial charge in [0.25, 0.3) is 17.4 Å². The van der Waals surface area contributed by atoms with Crippen molar-refractivity contribution < 1.29 is 38.5 Å². The summed E-state index contributed by atoms with van der Waals surface area (Å²) in [5.41, 5.74) is 3.09. The molecule has 1 atom stereocenters. The minimum atomic E-state index is -1.18. The number of hydrogen-bond acceptors (Lipinski definition) is 16. The molecule has 21 heteroatoms. The zero-order valence-electron chi connectivity index (χ0n) is 40.2. The second-order valence-electron chi connectivity index (χ2n) is 16.7. The molecule has 1 aliphatic rings. The zero-order chi connectivity index (χ0) is 51.1. The fraction of sp³-hybridized carbons (Fsp3) is 0.269. The second-order valence-corrected chi connectivity index (χ2v) is 16.7. The SMILES string of the molecule is CNC(=O)c1cnc(Nc2ccc(C(=O)NCCOCCOCCN(C(=O)[C@H]3CCCN(c4cncc5ccccc45)C3)c3ccc(=O)n(CC(=O)O)c3)cn2)cc1Nc1cccc(-c2ncccn2)c1OC. The number of nitrogens with zero attached hydrogens (tertiary/aromatic N) is 8. The lowest BCUT2D eigenvalue weighted by molar-refractivity contribution is -0.137. The molecule has 8 rings (SSSR count). The van der Waals surface area contributed by atoms with Gasteiger partial charge in [-0.1, -0.05) is 30.3 Å². The van der Waals surface area contributed by atoms with Crippen molar-refractivity contribution in [1.82, 2.24) is 40.1 Å². The third-order valence-corrected chi connectivity index (χ3v) is 11.9. The van der Waals surface area contributed by atoms with E-state index in [2.05, 4.69) is 51.1 Å². The Balaban J connectivity index is 0.810. The number of fused-ring (bicyclic) bond motifs is 1. The van der Waals surface area contributed by atoms with Crippen molar-refractivity contribution in [3.05, 3.63) is 144 Å². The number of benzene rings is 2. The van der Waals surface area contributed by atoms with E-state index in [1.54, 1.807) is 47.6 Å². The number of piperidine rings is 1. The van der Waals surface area contributed by atoms with E-state index >= 15 is 0 Å². The Hall–Kier alpha value is -8.82. The van der Waals surface area contributed by atoms with Crippen LogP contribution in [0.1, 0.15) is 33.6 Å². The molecule has 1 saturated heterocycles. The van der Waals surface area contributed by atoms with Crippen molar-refractivity contribution in [2.24, 2.45) is 5.92 Å². The number of carbonyl (C=O) groups excluding carboxylic acids is 3. The summed E-state index contributed by atoms with van der Waals surface area (Å²) in [6, 6.07) is 22.9. The first-order chi connectivity index (χ1) is 35.6. The highest BCUT2D eigenvalue weighted by Crippen LogP contribution is 2.37. The topological polar surface area (TPSA) is 257 Å². The summed E-state index contributed by atoms with van der Waals surface area (Å²) in [7, 11) is 3.07. The molecule has 3 amide bonds. The number of rotatable bonds is 22. The van der Waals surface area contributed by atoms with Crippen LogP contribution in [0.3, 0.4) is 0 Å². The Morgan fingerprint density at radius 2 is 1.62 bits per heavy atom. The summed E-state index contributed by atoms with van der Waals surface area (Å²) in [4.78, 5) is 89.9. The number of carbonyl (C=O) groups is 4. The number of aliphatic carboxylic acids is 1. The van der Waals surface area contributed by atoms with Crippen molar-refractivity contribution in [3.63, 3.8) is 0 Å². The minimum Gasteiger partial charge on any atom is -0.494 e. The van der Waals surface area contributed by atoms with Gasteiger partial charge in [-0.05, 0) is 49.2 Å². The molecule has 6 heterocycles. The van der Waals surface area contributed by atoms with Crippen LogP contribution in [-0.2, 0) is 25.6 Å². The fourth-order valence-corrected chi connectivity index (χ4v) is 8.39. The Morgan fingerprint density at radius 1 is 0.808 bits per heavy atom. The summed E-state index contributed by atoms with van der Waals surface area (Å²) in [6.07, 6.45) is 12.6. The fourth-order valence-electron chi connectivity index (χ4n) is 8.39. The van der Waals surface area contributed by atoms with Crippen LogP contribution in [0.15, 0.2) is 127 Å². The number of pyridine rings is 4. The molecule has 73 heavy (non-hydrogen) atoms. The molecular weight excluding hydrogens is 937 g/mol. The smallest absolute Gasteiger partial charge is 0.323 e. The number of amides is 3. The zero-order valence-corrected chi connectivity index (χ0v) is 40.2. The first-order valence-corrected chi connectivity index (χ1v) is 23.5. The van der Waals surface area contributed by atoms with E-state index in [-0.39, 0.29) is 68.7 Å². The highest BCUT2D eigenvalue weighted by atomic mass is 16.5. The van der Waals surface area contributed by atoms with Crippen LogP contribution in [0.25, 0.3) is 22.2 Å². The maximum atomic E-state index is 14.3. The number of carboxylic acid groups (broad SMARTS) is 1. The number of nitrogens with one attached hydrogen (secondary N) is 4. The van der Waals surface area contributed by atoms with E-state index in [0.29, 0.717) is 64.4 Å². The van der Waals surface area contributed by atoms with Crippen LogP contribution in [0.4, 0.5) is 34.4 Å². The van der Waals surface area contributed by atoms with Crippen molar-refractivity contribution in [2.45, 2.75) is 19.4 Å². The Labute approximate surface area is 419 Å². The van der Waals surface area contributed by atoms with Crippen molar-refractivity contribution in [2.75, 3.05) is 87.2 Å². The molecule has 7 aromatic rings. The molecule has 376 valence electrons. The van der Waals surface area contributed by atoms with Gasteiger partial charge >= 0.3 is 5.97 Å². The van der Waals surface area contributed by atoms with Gasteiger partial charge in [0.15, 0.2) is 11.6 Å². The molecule has 21 nitrogen and oxygen atoms in total. The molecular formula is C52H54N12O9. The van der Waals surface area contributed by atoms with Gasteiger partial charge in [-0.25, -0.2) is 19.9 Å². The minimum absolute atomic E-state index is 0.135. The molecule has 0 unspecified atom stereocenters. The van der Waals surface area contributed by atoms with Gasteiger partial charge in [-0.3, -0.25) is 29.0 Å². The normalized spacial score (nSPS) is 13.2. The quantitative estimate of drug-likeness (QED) is 0.0540. The van der Waals surface area contributed by atoms with Crippen molar-refractivity contribution in [3.8, 4) is 17.1 Å². The highest BCUT2D eigenvalue weighted by molar-refractivity contribution is 6.01. The van der Waals surface area contributed by atoms with Gasteiger partial charge in [0, 0.05) is 93.3 Å². The van der Waals surface area contributed by atoms with Crippen LogP contribution in [-0.4, -0.2) is 125 Å². The van der Waals surface area contributed by atoms with Crippen LogP contribution in [0.5, 0.6) is 5.75 Å². The van der Waals surface area contributed by atoms with Gasteiger partial charge in [0.1, 0.15) is 18.2 Å². The van der Waals surface area contributed by atoms with Gasteiger partial charge < -0.3 is 55.0 Å². The Kier molecular flexibility index (Phi) is 16.9. The largest absolute Gasteiger partial charge is 0.494 e. The Bertz CT molecular complexity index is 3120. The number of anilines is 6. The van der Waals surface area contributed by atoms with Crippen LogP contribution in [0.2, 0.25) is 0 Å². The Morgan fingerprint density at radius 3 is 2.40 bits per heavy atom. The maximum Gasteiger partial charge on any atom is 0.323 e. The van der Waals surface area contributed by atoms with E-state index < -0.39 is 18.1 Å². The lowest BCUT2D eigenvalue weighted by Gasteiger charge is -2.36. The summed E-state index contributed by atoms with van der Waals surface area (Å²) in [5.74, 6) is -0.726. The van der Waals surface area contributed by atoms with E-state index in [1.165, 1.54) is 44.9 Å². The monoisotopic (exact) mass is 990 g/mol. The van der Waals surface area contributed by atoms with Crippen molar-refractivity contribution in [1.29, 1.82) is 0 Å². The molecule has 5 aromatic heterocycles. The van der Waals surface area contributed by atoms with Gasteiger partial charge in [-0.15, -0.1) is 0 Å². The van der Waals surface area contributed by atoms with Gasteiger partial charge in [-0.2, -0.15) is 0 Å². The standard InChI is InChI=1S/C52H54N12O9/c1-53-51(69)40-29-59-45(26-42(40)60-41-12-5-11-39(48(41)71-2)49-55-17-7-18-56-49)61-44-15-13-35(28-58-44)50(68)57-19-22-72-24-25-73-23-21-64(37-14-16-46(65)63(32-37)33-47(66)67)52(70)36-9-6-20-62(31-36)43-30-54-27-34-8-3-4-10-38(34)43/h3-5,7-8,10-18,26-30,32,36H,6,9,19-25,31,33H2,1-2H3,(H,53,69)(H,57,68)(H,66,67)(H2,58,59,60,61)/t36-/m0/s1. The van der Waals surface area contributed by atoms with E-state index in [9.17, 15) is 29.1 Å². The summed E-state index contributed by atoms with van der Waals surface area (Å²) < 4.78 is 18.4. The first-order valence-electron chi connectivity index (χ1n) is 23.5. The number of methoxy groups -OCH3 is 1. The van der Waals surface area contributed by atoms with Crippen molar-refractivity contribution >= 4 is 68.8 Å². The van der Waals surface area contributed by atoms with E-state index in [4.69, 9.17) is 14.2 Å². The molecule has 1 fully saturated rings. The predicted octanol–water partition coefficient (Wildman–Crippen LogP) is 5.30. The molecule has 0 bridgehead atoms. The number of para-hydroxylation sites is 1. The molecule has 2 aromatic carbocycles. The van der Waals surface area contributed by atoms with Crippen LogP contribution >= 0.6 is 0 Å². The number of aromatic nitrogens is 6. The maximum absolute atomic E-state index is 14.3. The highest BCUT2D eigenvalue weighted by Gasteiger charge is 2.31. The average molecular weight is 991 g/mol. The van der Waals surface area contributed by atoms with Gasteiger partial charge in [0.2, 0.25) is 5.91 Å². The number of carboxylic acids is 1. The molecule has 0 saturated carbocycles. The molecule has 0 radical (unpaired) electrons.